The number of para-hydroxylation sites is 1. The minimum absolute atomic E-state index is 0.0635. The summed E-state index contributed by atoms with van der Waals surface area (Å²) in [6, 6.07) is 8.70. The van der Waals surface area contributed by atoms with Crippen LogP contribution in [0.3, 0.4) is 0 Å². The fraction of sp³-hybridized carbons (Fsp3) is 0.0714. The summed E-state index contributed by atoms with van der Waals surface area (Å²) in [5, 5.41) is 1.23. The second-order valence-corrected chi connectivity index (χ2v) is 5.06. The maximum atomic E-state index is 12.2. The van der Waals surface area contributed by atoms with Crippen LogP contribution >= 0.6 is 11.8 Å². The number of aromatic nitrogens is 2. The van der Waals surface area contributed by atoms with Crippen molar-refractivity contribution in [1.29, 1.82) is 0 Å². The van der Waals surface area contributed by atoms with Gasteiger partial charge in [0.2, 0.25) is 0 Å². The van der Waals surface area contributed by atoms with Crippen LogP contribution < -0.4 is 5.56 Å². The topological polar surface area (TPSA) is 76.0 Å². The van der Waals surface area contributed by atoms with Gasteiger partial charge in [0, 0.05) is 17.6 Å². The van der Waals surface area contributed by atoms with Crippen molar-refractivity contribution in [3.05, 3.63) is 58.7 Å². The third-order valence-corrected chi connectivity index (χ3v) is 3.66. The van der Waals surface area contributed by atoms with E-state index in [0.29, 0.717) is 16.3 Å². The molecule has 1 aromatic carbocycles. The van der Waals surface area contributed by atoms with Crippen molar-refractivity contribution in [3.63, 3.8) is 0 Å². The molecule has 0 fully saturated rings. The third kappa shape index (κ3) is 2.50. The van der Waals surface area contributed by atoms with Crippen molar-refractivity contribution < 1.29 is 9.21 Å². The highest BCUT2D eigenvalue weighted by molar-refractivity contribution is 7.99. The largest absolute Gasteiger partial charge is 0.464 e. The number of thioether (sulfide) groups is 1. The number of furan rings is 1. The van der Waals surface area contributed by atoms with Crippen LogP contribution in [-0.4, -0.2) is 21.5 Å². The lowest BCUT2D eigenvalue weighted by Crippen LogP contribution is -2.07. The zero-order valence-electron chi connectivity index (χ0n) is 10.3. The number of hydrogen-bond acceptors (Lipinski definition) is 5. The monoisotopic (exact) mass is 286 g/mol. The first-order valence-corrected chi connectivity index (χ1v) is 6.90. The number of ketones is 1. The summed E-state index contributed by atoms with van der Waals surface area (Å²) in [6.07, 6.45) is 2.88. The lowest BCUT2D eigenvalue weighted by Gasteiger charge is -1.99. The molecule has 3 aromatic rings. The number of carbonyl (C=O) groups excluding carboxylic acids is 1. The van der Waals surface area contributed by atoms with Gasteiger partial charge in [0.25, 0.3) is 5.56 Å². The average molecular weight is 286 g/mol. The van der Waals surface area contributed by atoms with Crippen LogP contribution in [0, 0.1) is 0 Å². The molecule has 1 N–H and O–H groups in total. The molecular formula is C14H10N2O3S. The number of fused-ring (bicyclic) bond motifs is 1. The molecule has 6 heteroatoms. The molecule has 0 spiro atoms. The Bertz CT molecular complexity index is 822. The summed E-state index contributed by atoms with van der Waals surface area (Å²) >= 11 is 1.19. The quantitative estimate of drug-likeness (QED) is 0.453. The highest BCUT2D eigenvalue weighted by atomic mass is 32.2. The first-order chi connectivity index (χ1) is 9.74. The van der Waals surface area contributed by atoms with Crippen LogP contribution in [-0.2, 0) is 0 Å². The first kappa shape index (κ1) is 12.7. The third-order valence-electron chi connectivity index (χ3n) is 2.77. The maximum Gasteiger partial charge on any atom is 0.251 e. The predicted molar refractivity (Wildman–Crippen MR) is 76.1 cm³/mol. The van der Waals surface area contributed by atoms with Gasteiger partial charge in [-0.15, -0.1) is 0 Å². The minimum atomic E-state index is -0.233. The van der Waals surface area contributed by atoms with Crippen molar-refractivity contribution in [2.75, 3.05) is 5.75 Å². The van der Waals surface area contributed by atoms with E-state index in [1.165, 1.54) is 30.3 Å². The van der Waals surface area contributed by atoms with Gasteiger partial charge in [-0.25, -0.2) is 4.98 Å². The normalized spacial score (nSPS) is 10.8. The summed E-state index contributed by atoms with van der Waals surface area (Å²) in [6.45, 7) is 0. The van der Waals surface area contributed by atoms with Gasteiger partial charge in [-0.05, 0) is 6.07 Å². The molecule has 0 atom stereocenters. The molecule has 2 heterocycles. The molecule has 0 aliphatic rings. The molecule has 0 saturated carbocycles. The Balaban J connectivity index is 1.78. The molecule has 0 bridgehead atoms. The van der Waals surface area contributed by atoms with Crippen molar-refractivity contribution in [2.45, 2.75) is 5.16 Å². The molecule has 2 aromatic heterocycles. The number of hydrogen-bond donors (Lipinski definition) is 1. The molecular weight excluding hydrogens is 276 g/mol. The van der Waals surface area contributed by atoms with E-state index in [2.05, 4.69) is 9.97 Å². The van der Waals surface area contributed by atoms with E-state index in [4.69, 9.17) is 4.42 Å². The summed E-state index contributed by atoms with van der Waals surface area (Å²) < 4.78 is 5.34. The van der Waals surface area contributed by atoms with Crippen LogP contribution in [0.5, 0.6) is 0 Å². The lowest BCUT2D eigenvalue weighted by molar-refractivity contribution is 0.102. The number of benzene rings is 1. The molecule has 0 aliphatic heterocycles. The van der Waals surface area contributed by atoms with Gasteiger partial charge in [-0.1, -0.05) is 30.0 Å². The van der Waals surface area contributed by atoms with Gasteiger partial charge >= 0.3 is 0 Å². The van der Waals surface area contributed by atoms with Gasteiger partial charge in [-0.2, -0.15) is 0 Å². The number of nitrogens with zero attached hydrogens (tertiary/aromatic N) is 1. The summed E-state index contributed by atoms with van der Waals surface area (Å²) in [7, 11) is 0. The summed E-state index contributed by atoms with van der Waals surface area (Å²) in [5.41, 5.74) is 1.00. The highest BCUT2D eigenvalue weighted by Crippen LogP contribution is 2.23. The van der Waals surface area contributed by atoms with E-state index in [1.807, 2.05) is 24.3 Å². The first-order valence-electron chi connectivity index (χ1n) is 5.91. The van der Waals surface area contributed by atoms with E-state index in [-0.39, 0.29) is 17.1 Å². The Kier molecular flexibility index (Phi) is 3.39. The van der Waals surface area contributed by atoms with Gasteiger partial charge in [-0.3, -0.25) is 9.59 Å². The molecule has 0 aliphatic carbocycles. The second kappa shape index (κ2) is 5.34. The zero-order chi connectivity index (χ0) is 13.9. The number of aromatic amines is 1. The molecule has 0 amide bonds. The Morgan fingerprint density at radius 3 is 3.00 bits per heavy atom. The van der Waals surface area contributed by atoms with E-state index < -0.39 is 0 Å². The Labute approximate surface area is 118 Å². The van der Waals surface area contributed by atoms with Crippen LogP contribution in [0.4, 0.5) is 0 Å². The number of rotatable bonds is 4. The van der Waals surface area contributed by atoms with Gasteiger partial charge in [0.1, 0.15) is 11.8 Å². The van der Waals surface area contributed by atoms with E-state index in [1.54, 1.807) is 0 Å². The average Bonchev–Trinajstić information content (AvgIpc) is 2.89. The standard InChI is InChI=1S/C14H10N2O3S/c17-11(8-20-14-15-6-5-13(18)16-14)10-7-19-12-4-2-1-3-9(10)12/h1-7H,8H2,(H,15,16,18). The fourth-order valence-corrected chi connectivity index (χ4v) is 2.56. The van der Waals surface area contributed by atoms with Crippen LogP contribution in [0.25, 0.3) is 11.0 Å². The van der Waals surface area contributed by atoms with Crippen molar-refractivity contribution in [1.82, 2.24) is 9.97 Å². The predicted octanol–water partition coefficient (Wildman–Crippen LogP) is 2.49. The molecule has 0 saturated heterocycles. The van der Waals surface area contributed by atoms with Gasteiger partial charge in [0.15, 0.2) is 10.9 Å². The van der Waals surface area contributed by atoms with E-state index >= 15 is 0 Å². The lowest BCUT2D eigenvalue weighted by atomic mass is 10.1. The number of nitrogens with one attached hydrogen (secondary N) is 1. The Morgan fingerprint density at radius 2 is 2.15 bits per heavy atom. The van der Waals surface area contributed by atoms with Crippen molar-refractivity contribution >= 4 is 28.5 Å². The molecule has 100 valence electrons. The molecule has 20 heavy (non-hydrogen) atoms. The minimum Gasteiger partial charge on any atom is -0.464 e. The van der Waals surface area contributed by atoms with E-state index in [0.717, 1.165) is 5.39 Å². The Hall–Kier alpha value is -2.34. The molecule has 5 nitrogen and oxygen atoms in total. The number of Topliss-reactive ketones (excluding diaryl/α,β-unsaturated/α-hetero) is 1. The van der Waals surface area contributed by atoms with Crippen molar-refractivity contribution in [3.8, 4) is 0 Å². The highest BCUT2D eigenvalue weighted by Gasteiger charge is 2.14. The van der Waals surface area contributed by atoms with Crippen molar-refractivity contribution in [2.24, 2.45) is 0 Å². The Morgan fingerprint density at radius 1 is 1.30 bits per heavy atom. The molecule has 0 radical (unpaired) electrons. The smallest absolute Gasteiger partial charge is 0.251 e. The van der Waals surface area contributed by atoms with Crippen LogP contribution in [0.1, 0.15) is 10.4 Å². The maximum absolute atomic E-state index is 12.2. The second-order valence-electron chi connectivity index (χ2n) is 4.10. The fourth-order valence-electron chi connectivity index (χ4n) is 1.83. The molecule has 3 rings (SSSR count). The summed E-state index contributed by atoms with van der Waals surface area (Å²) in [5.74, 6) is 0.127. The summed E-state index contributed by atoms with van der Waals surface area (Å²) in [4.78, 5) is 29.9. The van der Waals surface area contributed by atoms with E-state index in [9.17, 15) is 9.59 Å². The SMILES string of the molecule is O=C(CSc1nccc(=O)[nH]1)c1coc2ccccc12. The van der Waals surface area contributed by atoms with Gasteiger partial charge < -0.3 is 9.40 Å². The number of carbonyl (C=O) groups is 1. The van der Waals surface area contributed by atoms with Crippen LogP contribution in [0.15, 0.2) is 57.2 Å². The van der Waals surface area contributed by atoms with Gasteiger partial charge in [0.05, 0.1) is 11.3 Å². The zero-order valence-corrected chi connectivity index (χ0v) is 11.1. The molecule has 0 unspecified atom stereocenters. The number of H-pyrrole nitrogens is 1. The van der Waals surface area contributed by atoms with Crippen LogP contribution in [0.2, 0.25) is 0 Å².